The first-order valence-electron chi connectivity index (χ1n) is 4.05. The molecule has 0 aliphatic heterocycles. The van der Waals surface area contributed by atoms with Crippen molar-refractivity contribution < 1.29 is 9.53 Å². The molecular weight excluding hydrogens is 164 g/mol. The molecule has 0 saturated heterocycles. The summed E-state index contributed by atoms with van der Waals surface area (Å²) in [6.07, 6.45) is 3.13. The predicted octanol–water partition coefficient (Wildman–Crippen LogP) is 2.18. The maximum absolute atomic E-state index is 10.7. The van der Waals surface area contributed by atoms with Gasteiger partial charge in [-0.3, -0.25) is 0 Å². The summed E-state index contributed by atoms with van der Waals surface area (Å²) in [6, 6.07) is 7.90. The summed E-state index contributed by atoms with van der Waals surface area (Å²) in [5.41, 5.74) is 2.20. The van der Waals surface area contributed by atoms with Gasteiger partial charge in [-0.05, 0) is 18.6 Å². The monoisotopic (exact) mass is 176 g/mol. The Morgan fingerprint density at radius 1 is 1.31 bits per heavy atom. The lowest BCUT2D eigenvalue weighted by Gasteiger charge is -1.94. The lowest BCUT2D eigenvalue weighted by molar-refractivity contribution is -0.134. The number of hydrogen-bond acceptors (Lipinski definition) is 2. The van der Waals surface area contributed by atoms with E-state index in [1.807, 2.05) is 31.2 Å². The molecule has 0 atom stereocenters. The van der Waals surface area contributed by atoms with Gasteiger partial charge < -0.3 is 4.74 Å². The first-order valence-corrected chi connectivity index (χ1v) is 4.05. The van der Waals surface area contributed by atoms with Crippen molar-refractivity contribution in [3.8, 4) is 0 Å². The predicted molar refractivity (Wildman–Crippen MR) is 52.2 cm³/mol. The van der Waals surface area contributed by atoms with Gasteiger partial charge in [0.05, 0.1) is 7.11 Å². The Bertz CT molecular complexity index is 309. The van der Waals surface area contributed by atoms with Crippen LogP contribution in [0.4, 0.5) is 0 Å². The minimum absolute atomic E-state index is 0.333. The van der Waals surface area contributed by atoms with Gasteiger partial charge in [0, 0.05) is 6.08 Å². The standard InChI is InChI=1S/C11H12O2/c1-9-3-5-10(6-4-9)7-8-11(12)13-2/h3-8H,1-2H3/b8-7-. The molecular formula is C11H12O2. The number of carbonyl (C=O) groups is 1. The summed E-state index contributed by atoms with van der Waals surface area (Å²) in [6.45, 7) is 2.02. The van der Waals surface area contributed by atoms with Crippen molar-refractivity contribution in [2.45, 2.75) is 6.92 Å². The van der Waals surface area contributed by atoms with Crippen molar-refractivity contribution >= 4 is 12.0 Å². The minimum Gasteiger partial charge on any atom is -0.466 e. The molecule has 0 unspecified atom stereocenters. The number of rotatable bonds is 2. The molecule has 1 rings (SSSR count). The first-order chi connectivity index (χ1) is 6.22. The van der Waals surface area contributed by atoms with Crippen LogP contribution < -0.4 is 0 Å². The van der Waals surface area contributed by atoms with E-state index >= 15 is 0 Å². The first kappa shape index (κ1) is 9.52. The maximum Gasteiger partial charge on any atom is 0.330 e. The number of esters is 1. The van der Waals surface area contributed by atoms with E-state index in [0.717, 1.165) is 5.56 Å². The van der Waals surface area contributed by atoms with E-state index in [-0.39, 0.29) is 5.97 Å². The summed E-state index contributed by atoms with van der Waals surface area (Å²) < 4.78 is 4.47. The Morgan fingerprint density at radius 3 is 2.46 bits per heavy atom. The van der Waals surface area contributed by atoms with Gasteiger partial charge >= 0.3 is 5.97 Å². The Morgan fingerprint density at radius 2 is 1.92 bits per heavy atom. The van der Waals surface area contributed by atoms with Crippen molar-refractivity contribution in [1.82, 2.24) is 0 Å². The van der Waals surface area contributed by atoms with E-state index in [1.165, 1.54) is 18.7 Å². The fourth-order valence-electron chi connectivity index (χ4n) is 0.910. The second kappa shape index (κ2) is 4.45. The SMILES string of the molecule is COC(=O)/C=C\c1ccc(C)cc1. The molecule has 0 aliphatic carbocycles. The molecule has 68 valence electrons. The summed E-state index contributed by atoms with van der Waals surface area (Å²) in [5, 5.41) is 0. The van der Waals surface area contributed by atoms with Crippen molar-refractivity contribution in [2.24, 2.45) is 0 Å². The quantitative estimate of drug-likeness (QED) is 0.510. The van der Waals surface area contributed by atoms with E-state index < -0.39 is 0 Å². The van der Waals surface area contributed by atoms with Crippen molar-refractivity contribution in [3.05, 3.63) is 41.5 Å². The van der Waals surface area contributed by atoms with Gasteiger partial charge in [0.2, 0.25) is 0 Å². The van der Waals surface area contributed by atoms with Crippen LogP contribution in [0.1, 0.15) is 11.1 Å². The second-order valence-corrected chi connectivity index (χ2v) is 2.77. The average Bonchev–Trinajstić information content (AvgIpc) is 2.16. The van der Waals surface area contributed by atoms with Gasteiger partial charge in [-0.15, -0.1) is 0 Å². The zero-order valence-electron chi connectivity index (χ0n) is 7.78. The molecule has 0 spiro atoms. The van der Waals surface area contributed by atoms with E-state index in [2.05, 4.69) is 4.74 Å². The van der Waals surface area contributed by atoms with Crippen LogP contribution in [0.2, 0.25) is 0 Å². The highest BCUT2D eigenvalue weighted by molar-refractivity contribution is 5.86. The van der Waals surface area contributed by atoms with Gasteiger partial charge in [-0.2, -0.15) is 0 Å². The van der Waals surface area contributed by atoms with E-state index in [1.54, 1.807) is 6.08 Å². The van der Waals surface area contributed by atoms with Gasteiger partial charge in [-0.25, -0.2) is 4.79 Å². The fraction of sp³-hybridized carbons (Fsp3) is 0.182. The molecule has 13 heavy (non-hydrogen) atoms. The smallest absolute Gasteiger partial charge is 0.330 e. The van der Waals surface area contributed by atoms with Gasteiger partial charge in [0.25, 0.3) is 0 Å². The van der Waals surface area contributed by atoms with E-state index in [4.69, 9.17) is 0 Å². The van der Waals surface area contributed by atoms with Crippen LogP contribution in [0.5, 0.6) is 0 Å². The van der Waals surface area contributed by atoms with Crippen LogP contribution in [-0.4, -0.2) is 13.1 Å². The third-order valence-electron chi connectivity index (χ3n) is 1.69. The molecule has 1 aromatic carbocycles. The van der Waals surface area contributed by atoms with E-state index in [0.29, 0.717) is 0 Å². The Hall–Kier alpha value is -1.57. The van der Waals surface area contributed by atoms with Gasteiger partial charge in [0.15, 0.2) is 0 Å². The highest BCUT2D eigenvalue weighted by atomic mass is 16.5. The number of benzene rings is 1. The lowest BCUT2D eigenvalue weighted by atomic mass is 10.1. The minimum atomic E-state index is -0.333. The van der Waals surface area contributed by atoms with Crippen LogP contribution in [0.3, 0.4) is 0 Å². The molecule has 0 fully saturated rings. The molecule has 0 aromatic heterocycles. The number of carbonyl (C=O) groups excluding carboxylic acids is 1. The van der Waals surface area contributed by atoms with Crippen LogP contribution in [0.25, 0.3) is 6.08 Å². The third kappa shape index (κ3) is 3.11. The third-order valence-corrected chi connectivity index (χ3v) is 1.69. The molecule has 0 heterocycles. The average molecular weight is 176 g/mol. The number of ether oxygens (including phenoxy) is 1. The van der Waals surface area contributed by atoms with Gasteiger partial charge in [-0.1, -0.05) is 29.8 Å². The Kier molecular flexibility index (Phi) is 3.26. The Balaban J connectivity index is 2.69. The van der Waals surface area contributed by atoms with Crippen LogP contribution >= 0.6 is 0 Å². The molecule has 1 aromatic rings. The molecule has 0 N–H and O–H groups in total. The zero-order chi connectivity index (χ0) is 9.68. The zero-order valence-corrected chi connectivity index (χ0v) is 7.78. The normalized spacial score (nSPS) is 10.3. The van der Waals surface area contributed by atoms with Crippen LogP contribution in [-0.2, 0) is 9.53 Å². The number of aryl methyl sites for hydroxylation is 1. The van der Waals surface area contributed by atoms with Crippen molar-refractivity contribution in [1.29, 1.82) is 0 Å². The number of methoxy groups -OCH3 is 1. The lowest BCUT2D eigenvalue weighted by Crippen LogP contribution is -1.93. The summed E-state index contributed by atoms with van der Waals surface area (Å²) in [5.74, 6) is -0.333. The summed E-state index contributed by atoms with van der Waals surface area (Å²) in [7, 11) is 1.36. The topological polar surface area (TPSA) is 26.3 Å². The van der Waals surface area contributed by atoms with Crippen LogP contribution in [0.15, 0.2) is 30.3 Å². The van der Waals surface area contributed by atoms with Gasteiger partial charge in [0.1, 0.15) is 0 Å². The fourth-order valence-corrected chi connectivity index (χ4v) is 0.910. The second-order valence-electron chi connectivity index (χ2n) is 2.77. The van der Waals surface area contributed by atoms with E-state index in [9.17, 15) is 4.79 Å². The summed E-state index contributed by atoms with van der Waals surface area (Å²) in [4.78, 5) is 10.7. The highest BCUT2D eigenvalue weighted by Gasteiger charge is 1.91. The van der Waals surface area contributed by atoms with Crippen molar-refractivity contribution in [2.75, 3.05) is 7.11 Å². The molecule has 0 aliphatic rings. The molecule has 0 bridgehead atoms. The molecule has 0 amide bonds. The van der Waals surface area contributed by atoms with Crippen LogP contribution in [0, 0.1) is 6.92 Å². The van der Waals surface area contributed by atoms with Crippen molar-refractivity contribution in [3.63, 3.8) is 0 Å². The molecule has 2 heteroatoms. The largest absolute Gasteiger partial charge is 0.466 e. The molecule has 2 nitrogen and oxygen atoms in total. The number of hydrogen-bond donors (Lipinski definition) is 0. The highest BCUT2D eigenvalue weighted by Crippen LogP contribution is 2.04. The molecule has 0 saturated carbocycles. The Labute approximate surface area is 77.8 Å². The molecule has 0 radical (unpaired) electrons. The maximum atomic E-state index is 10.7. The summed E-state index contributed by atoms with van der Waals surface area (Å²) >= 11 is 0.